The molecule has 0 unspecified atom stereocenters. The lowest BCUT2D eigenvalue weighted by Crippen LogP contribution is -2.28. The molecular weight excluding hydrogens is 302 g/mol. The lowest BCUT2D eigenvalue weighted by atomic mass is 10.1. The van der Waals surface area contributed by atoms with Gasteiger partial charge in [-0.15, -0.1) is 0 Å². The first-order valence-corrected chi connectivity index (χ1v) is 8.18. The van der Waals surface area contributed by atoms with Crippen molar-refractivity contribution in [2.45, 2.75) is 34.2 Å². The lowest BCUT2D eigenvalue weighted by Gasteiger charge is -2.12. The van der Waals surface area contributed by atoms with E-state index in [1.807, 2.05) is 58.0 Å². The van der Waals surface area contributed by atoms with E-state index in [0.29, 0.717) is 13.2 Å². The summed E-state index contributed by atoms with van der Waals surface area (Å²) in [7, 11) is 0. The molecule has 0 radical (unpaired) electrons. The molecule has 24 heavy (non-hydrogen) atoms. The van der Waals surface area contributed by atoms with Gasteiger partial charge in [0.2, 0.25) is 0 Å². The van der Waals surface area contributed by atoms with Crippen molar-refractivity contribution in [3.8, 4) is 11.5 Å². The van der Waals surface area contributed by atoms with Crippen LogP contribution in [0.2, 0.25) is 0 Å². The second-order valence-corrected chi connectivity index (χ2v) is 5.85. The summed E-state index contributed by atoms with van der Waals surface area (Å²) in [5, 5.41) is 2.86. The summed E-state index contributed by atoms with van der Waals surface area (Å²) in [5.74, 6) is 1.47. The Morgan fingerprint density at radius 3 is 2.42 bits per heavy atom. The van der Waals surface area contributed by atoms with Crippen LogP contribution in [0.4, 0.5) is 0 Å². The van der Waals surface area contributed by atoms with E-state index in [1.165, 1.54) is 5.56 Å². The minimum Gasteiger partial charge on any atom is -0.494 e. The number of amides is 1. The molecule has 2 rings (SSSR count). The molecule has 0 fully saturated rings. The Hall–Kier alpha value is -2.49. The van der Waals surface area contributed by atoms with E-state index in [2.05, 4.69) is 11.4 Å². The molecule has 2 aromatic rings. The molecule has 0 heterocycles. The van der Waals surface area contributed by atoms with Crippen molar-refractivity contribution in [2.24, 2.45) is 0 Å². The summed E-state index contributed by atoms with van der Waals surface area (Å²) in [6, 6.07) is 11.8. The van der Waals surface area contributed by atoms with Crippen LogP contribution in [0.5, 0.6) is 11.5 Å². The molecule has 0 spiro atoms. The lowest BCUT2D eigenvalue weighted by molar-refractivity contribution is -0.123. The zero-order chi connectivity index (χ0) is 17.5. The third-order valence-electron chi connectivity index (χ3n) is 3.85. The van der Waals surface area contributed by atoms with Gasteiger partial charge in [-0.05, 0) is 68.1 Å². The third kappa shape index (κ3) is 5.01. The van der Waals surface area contributed by atoms with Gasteiger partial charge in [0.05, 0.1) is 6.61 Å². The molecule has 0 atom stereocenters. The smallest absolute Gasteiger partial charge is 0.258 e. The Bertz CT molecular complexity index is 693. The summed E-state index contributed by atoms with van der Waals surface area (Å²) in [6.07, 6.45) is 0. The quantitative estimate of drug-likeness (QED) is 0.843. The van der Waals surface area contributed by atoms with Crippen molar-refractivity contribution < 1.29 is 14.3 Å². The fourth-order valence-electron chi connectivity index (χ4n) is 2.42. The minimum atomic E-state index is -0.137. The summed E-state index contributed by atoms with van der Waals surface area (Å²) in [4.78, 5) is 12.0. The second-order valence-electron chi connectivity index (χ2n) is 5.85. The SMILES string of the molecule is CCOc1ccc(CNC(=O)COc2cc(C)cc(C)c2C)cc1. The Labute approximate surface area is 143 Å². The van der Waals surface area contributed by atoms with Crippen LogP contribution in [0.25, 0.3) is 0 Å². The molecule has 1 amide bonds. The highest BCUT2D eigenvalue weighted by Gasteiger charge is 2.07. The number of carbonyl (C=O) groups excluding carboxylic acids is 1. The maximum absolute atomic E-state index is 12.0. The molecule has 4 nitrogen and oxygen atoms in total. The summed E-state index contributed by atoms with van der Waals surface area (Å²) < 4.78 is 11.1. The largest absolute Gasteiger partial charge is 0.494 e. The van der Waals surface area contributed by atoms with Crippen molar-refractivity contribution in [1.82, 2.24) is 5.32 Å². The van der Waals surface area contributed by atoms with Gasteiger partial charge in [0.1, 0.15) is 11.5 Å². The first-order valence-electron chi connectivity index (χ1n) is 8.18. The fourth-order valence-corrected chi connectivity index (χ4v) is 2.42. The molecule has 0 aliphatic carbocycles. The molecule has 0 saturated heterocycles. The van der Waals surface area contributed by atoms with Gasteiger partial charge in [0.15, 0.2) is 6.61 Å². The van der Waals surface area contributed by atoms with Gasteiger partial charge in [-0.2, -0.15) is 0 Å². The van der Waals surface area contributed by atoms with Crippen LogP contribution in [0, 0.1) is 20.8 Å². The number of benzene rings is 2. The predicted molar refractivity (Wildman–Crippen MR) is 95.6 cm³/mol. The van der Waals surface area contributed by atoms with Gasteiger partial charge in [-0.25, -0.2) is 0 Å². The highest BCUT2D eigenvalue weighted by atomic mass is 16.5. The first-order chi connectivity index (χ1) is 11.5. The number of hydrogen-bond acceptors (Lipinski definition) is 3. The Morgan fingerprint density at radius 1 is 1.04 bits per heavy atom. The van der Waals surface area contributed by atoms with Crippen molar-refractivity contribution in [2.75, 3.05) is 13.2 Å². The molecule has 0 bridgehead atoms. The fraction of sp³-hybridized carbons (Fsp3) is 0.350. The average molecular weight is 327 g/mol. The molecule has 0 aliphatic rings. The molecule has 128 valence electrons. The van der Waals surface area contributed by atoms with E-state index in [-0.39, 0.29) is 12.5 Å². The van der Waals surface area contributed by atoms with Crippen molar-refractivity contribution in [3.05, 3.63) is 58.7 Å². The van der Waals surface area contributed by atoms with E-state index < -0.39 is 0 Å². The van der Waals surface area contributed by atoms with E-state index in [4.69, 9.17) is 9.47 Å². The van der Waals surface area contributed by atoms with Crippen molar-refractivity contribution >= 4 is 5.91 Å². The Morgan fingerprint density at radius 2 is 1.75 bits per heavy atom. The maximum Gasteiger partial charge on any atom is 0.258 e. The highest BCUT2D eigenvalue weighted by Crippen LogP contribution is 2.23. The van der Waals surface area contributed by atoms with Crippen LogP contribution in [0.1, 0.15) is 29.2 Å². The Kier molecular flexibility index (Phi) is 6.24. The molecule has 1 N–H and O–H groups in total. The molecule has 2 aromatic carbocycles. The highest BCUT2D eigenvalue weighted by molar-refractivity contribution is 5.77. The Balaban J connectivity index is 1.83. The average Bonchev–Trinajstić information content (AvgIpc) is 2.56. The van der Waals surface area contributed by atoms with Gasteiger partial charge in [0.25, 0.3) is 5.91 Å². The van der Waals surface area contributed by atoms with E-state index in [9.17, 15) is 4.79 Å². The summed E-state index contributed by atoms with van der Waals surface area (Å²) >= 11 is 0. The first kappa shape index (κ1) is 17.9. The summed E-state index contributed by atoms with van der Waals surface area (Å²) in [5.41, 5.74) is 4.39. The number of hydrogen-bond donors (Lipinski definition) is 1. The number of nitrogens with one attached hydrogen (secondary N) is 1. The third-order valence-corrected chi connectivity index (χ3v) is 3.85. The summed E-state index contributed by atoms with van der Waals surface area (Å²) in [6.45, 7) is 9.15. The van der Waals surface area contributed by atoms with Crippen LogP contribution in [-0.4, -0.2) is 19.1 Å². The second kappa shape index (κ2) is 8.39. The molecule has 0 aromatic heterocycles. The molecule has 4 heteroatoms. The van der Waals surface area contributed by atoms with E-state index >= 15 is 0 Å². The molecular formula is C20H25NO3. The number of carbonyl (C=O) groups is 1. The predicted octanol–water partition coefficient (Wildman–Crippen LogP) is 3.71. The van der Waals surface area contributed by atoms with Gasteiger partial charge in [-0.1, -0.05) is 18.2 Å². The number of rotatable bonds is 7. The van der Waals surface area contributed by atoms with Gasteiger partial charge < -0.3 is 14.8 Å². The van der Waals surface area contributed by atoms with E-state index in [1.54, 1.807) is 0 Å². The van der Waals surface area contributed by atoms with Crippen molar-refractivity contribution in [3.63, 3.8) is 0 Å². The van der Waals surface area contributed by atoms with Crippen LogP contribution < -0.4 is 14.8 Å². The van der Waals surface area contributed by atoms with Gasteiger partial charge in [-0.3, -0.25) is 4.79 Å². The number of ether oxygens (including phenoxy) is 2. The molecule has 0 saturated carbocycles. The minimum absolute atomic E-state index is 0.0146. The van der Waals surface area contributed by atoms with E-state index in [0.717, 1.165) is 28.2 Å². The topological polar surface area (TPSA) is 47.6 Å². The zero-order valence-corrected chi connectivity index (χ0v) is 14.8. The van der Waals surface area contributed by atoms with Gasteiger partial charge in [0, 0.05) is 6.54 Å². The molecule has 0 aliphatic heterocycles. The normalized spacial score (nSPS) is 10.3. The maximum atomic E-state index is 12.0. The number of aryl methyl sites for hydroxylation is 2. The van der Waals surface area contributed by atoms with Crippen LogP contribution in [0.15, 0.2) is 36.4 Å². The zero-order valence-electron chi connectivity index (χ0n) is 14.8. The van der Waals surface area contributed by atoms with Crippen LogP contribution in [-0.2, 0) is 11.3 Å². The van der Waals surface area contributed by atoms with Gasteiger partial charge >= 0.3 is 0 Å². The van der Waals surface area contributed by atoms with Crippen LogP contribution in [0.3, 0.4) is 0 Å². The monoisotopic (exact) mass is 327 g/mol. The van der Waals surface area contributed by atoms with Crippen molar-refractivity contribution in [1.29, 1.82) is 0 Å². The standard InChI is InChI=1S/C20H25NO3/c1-5-23-18-8-6-17(7-9-18)12-21-20(22)13-24-19-11-14(2)10-15(3)16(19)4/h6-11H,5,12-13H2,1-4H3,(H,21,22). The van der Waals surface area contributed by atoms with Crippen LogP contribution >= 0.6 is 0 Å².